The summed E-state index contributed by atoms with van der Waals surface area (Å²) < 4.78 is 15.9. The Morgan fingerprint density at radius 1 is 1.11 bits per heavy atom. The van der Waals surface area contributed by atoms with Gasteiger partial charge in [0.15, 0.2) is 0 Å². The molecule has 0 aliphatic carbocycles. The Labute approximate surface area is 222 Å². The summed E-state index contributed by atoms with van der Waals surface area (Å²) in [4.78, 5) is 52.7. The van der Waals surface area contributed by atoms with Crippen LogP contribution in [0.5, 0.6) is 0 Å². The number of esters is 1. The van der Waals surface area contributed by atoms with Gasteiger partial charge in [-0.2, -0.15) is 0 Å². The lowest BCUT2D eigenvalue weighted by molar-refractivity contribution is -0.150. The molecule has 0 spiro atoms. The molecule has 0 saturated carbocycles. The summed E-state index contributed by atoms with van der Waals surface area (Å²) in [5.74, 6) is -1.56. The molecule has 3 N–H and O–H groups in total. The SMILES string of the molecule is O=C(CC1CC=CCC(NC(=O)OCc2ccccc2)C(=O)OCC2CCCN2C1=O)NCCOCCO. The number of hydrogen-bond acceptors (Lipinski definition) is 8. The molecule has 3 rings (SSSR count). The minimum atomic E-state index is -0.944. The molecule has 3 amide bonds. The molecule has 208 valence electrons. The molecule has 3 atom stereocenters. The van der Waals surface area contributed by atoms with E-state index >= 15 is 0 Å². The second kappa shape index (κ2) is 15.7. The summed E-state index contributed by atoms with van der Waals surface area (Å²) >= 11 is 0. The molecule has 1 aromatic rings. The van der Waals surface area contributed by atoms with E-state index in [1.54, 1.807) is 17.1 Å². The summed E-state index contributed by atoms with van der Waals surface area (Å²) in [6, 6.07) is 7.98. The van der Waals surface area contributed by atoms with Crippen LogP contribution in [-0.4, -0.2) is 85.5 Å². The first-order chi connectivity index (χ1) is 18.5. The van der Waals surface area contributed by atoms with Crippen molar-refractivity contribution in [3.63, 3.8) is 0 Å². The number of amides is 3. The number of aliphatic hydroxyl groups excluding tert-OH is 1. The van der Waals surface area contributed by atoms with Crippen LogP contribution in [0.1, 0.15) is 37.7 Å². The van der Waals surface area contributed by atoms with Crippen LogP contribution in [0, 0.1) is 5.92 Å². The van der Waals surface area contributed by atoms with Crippen LogP contribution in [0.2, 0.25) is 0 Å². The molecular formula is C27H37N3O8. The first-order valence-electron chi connectivity index (χ1n) is 13.0. The average Bonchev–Trinajstić information content (AvgIpc) is 3.39. The van der Waals surface area contributed by atoms with E-state index in [1.807, 2.05) is 30.3 Å². The maximum absolute atomic E-state index is 13.3. The summed E-state index contributed by atoms with van der Waals surface area (Å²) in [7, 11) is 0. The van der Waals surface area contributed by atoms with E-state index in [9.17, 15) is 19.2 Å². The smallest absolute Gasteiger partial charge is 0.408 e. The molecule has 0 bridgehead atoms. The number of cyclic esters (lactones) is 1. The number of nitrogens with one attached hydrogen (secondary N) is 2. The van der Waals surface area contributed by atoms with E-state index in [-0.39, 0.29) is 70.3 Å². The highest BCUT2D eigenvalue weighted by molar-refractivity contribution is 5.86. The Bertz CT molecular complexity index is 955. The van der Waals surface area contributed by atoms with Gasteiger partial charge in [0.25, 0.3) is 0 Å². The number of allylic oxidation sites excluding steroid dienone is 1. The second-order valence-electron chi connectivity index (χ2n) is 9.25. The molecule has 0 aromatic heterocycles. The number of hydrogen-bond donors (Lipinski definition) is 3. The standard InChI is InChI=1S/C27H37N3O8/c31-14-16-36-15-12-28-24(32)17-21-9-4-5-11-23(29-27(35)38-18-20-7-2-1-3-8-20)26(34)37-19-22-10-6-13-30(22)25(21)33/h1-5,7-8,21-23,31H,6,9-19H2,(H,28,32)(H,29,35). The highest BCUT2D eigenvalue weighted by atomic mass is 16.6. The molecule has 2 aliphatic heterocycles. The molecule has 1 fully saturated rings. The molecule has 0 radical (unpaired) electrons. The summed E-state index contributed by atoms with van der Waals surface area (Å²) in [6.45, 7) is 1.29. The van der Waals surface area contributed by atoms with E-state index in [2.05, 4.69) is 10.6 Å². The van der Waals surface area contributed by atoms with Crippen molar-refractivity contribution in [2.24, 2.45) is 5.92 Å². The van der Waals surface area contributed by atoms with E-state index in [0.717, 1.165) is 12.0 Å². The third-order valence-corrected chi connectivity index (χ3v) is 6.41. The van der Waals surface area contributed by atoms with Gasteiger partial charge < -0.3 is 34.9 Å². The van der Waals surface area contributed by atoms with Gasteiger partial charge in [-0.15, -0.1) is 0 Å². The van der Waals surface area contributed by atoms with Crippen LogP contribution < -0.4 is 10.6 Å². The van der Waals surface area contributed by atoms with E-state index in [0.29, 0.717) is 19.4 Å². The van der Waals surface area contributed by atoms with E-state index < -0.39 is 24.0 Å². The van der Waals surface area contributed by atoms with E-state index in [4.69, 9.17) is 19.3 Å². The third kappa shape index (κ3) is 9.46. The van der Waals surface area contributed by atoms with Gasteiger partial charge in [-0.1, -0.05) is 42.5 Å². The fraction of sp³-hybridized carbons (Fsp3) is 0.556. The number of benzene rings is 1. The highest BCUT2D eigenvalue weighted by Gasteiger charge is 2.35. The minimum absolute atomic E-state index is 0.0136. The number of fused-ring (bicyclic) bond motifs is 1. The zero-order valence-electron chi connectivity index (χ0n) is 21.5. The lowest BCUT2D eigenvalue weighted by atomic mass is 9.97. The zero-order chi connectivity index (χ0) is 27.2. The first kappa shape index (κ1) is 29.1. The third-order valence-electron chi connectivity index (χ3n) is 6.41. The normalized spacial score (nSPS) is 22.0. The minimum Gasteiger partial charge on any atom is -0.462 e. The van der Waals surface area contributed by atoms with Crippen molar-refractivity contribution >= 4 is 23.9 Å². The molecule has 1 saturated heterocycles. The fourth-order valence-corrected chi connectivity index (χ4v) is 4.42. The molecule has 1 aromatic carbocycles. The molecule has 2 aliphatic rings. The molecule has 3 unspecified atom stereocenters. The summed E-state index contributed by atoms with van der Waals surface area (Å²) in [5.41, 5.74) is 0.822. The number of ether oxygens (including phenoxy) is 3. The number of rotatable bonds is 10. The van der Waals surface area contributed by atoms with Gasteiger partial charge >= 0.3 is 12.1 Å². The lowest BCUT2D eigenvalue weighted by Crippen LogP contribution is -2.46. The summed E-state index contributed by atoms with van der Waals surface area (Å²) in [6.07, 6.45) is 4.68. The van der Waals surface area contributed by atoms with Crippen LogP contribution >= 0.6 is 0 Å². The number of nitrogens with zero attached hydrogens (tertiary/aromatic N) is 1. The Kier molecular flexibility index (Phi) is 12.1. The lowest BCUT2D eigenvalue weighted by Gasteiger charge is -2.29. The number of aliphatic hydroxyl groups is 1. The van der Waals surface area contributed by atoms with Crippen LogP contribution in [0.4, 0.5) is 4.79 Å². The number of carbonyl (C=O) groups is 4. The second-order valence-corrected chi connectivity index (χ2v) is 9.25. The Hall–Kier alpha value is -3.44. The van der Waals surface area contributed by atoms with Crippen LogP contribution in [-0.2, 0) is 35.2 Å². The van der Waals surface area contributed by atoms with Gasteiger partial charge in [0, 0.05) is 19.5 Å². The molecular weight excluding hydrogens is 494 g/mol. The van der Waals surface area contributed by atoms with Crippen molar-refractivity contribution in [1.29, 1.82) is 0 Å². The van der Waals surface area contributed by atoms with Crippen molar-refractivity contribution in [2.45, 2.75) is 50.8 Å². The maximum Gasteiger partial charge on any atom is 0.408 e. The molecule has 38 heavy (non-hydrogen) atoms. The Morgan fingerprint density at radius 3 is 2.68 bits per heavy atom. The van der Waals surface area contributed by atoms with Gasteiger partial charge in [0.1, 0.15) is 19.3 Å². The van der Waals surface area contributed by atoms with Crippen molar-refractivity contribution in [2.75, 3.05) is 39.5 Å². The van der Waals surface area contributed by atoms with Gasteiger partial charge in [0.05, 0.1) is 31.8 Å². The Balaban J connectivity index is 1.60. The zero-order valence-corrected chi connectivity index (χ0v) is 21.5. The maximum atomic E-state index is 13.3. The Morgan fingerprint density at radius 2 is 1.89 bits per heavy atom. The summed E-state index contributed by atoms with van der Waals surface area (Å²) in [5, 5.41) is 14.1. The van der Waals surface area contributed by atoms with E-state index in [1.165, 1.54) is 0 Å². The van der Waals surface area contributed by atoms with Crippen LogP contribution in [0.25, 0.3) is 0 Å². The molecule has 2 heterocycles. The van der Waals surface area contributed by atoms with Gasteiger partial charge in [-0.25, -0.2) is 9.59 Å². The monoisotopic (exact) mass is 531 g/mol. The van der Waals surface area contributed by atoms with Crippen molar-refractivity contribution in [3.8, 4) is 0 Å². The highest BCUT2D eigenvalue weighted by Crippen LogP contribution is 2.24. The first-order valence-corrected chi connectivity index (χ1v) is 13.0. The van der Waals surface area contributed by atoms with Crippen LogP contribution in [0.3, 0.4) is 0 Å². The van der Waals surface area contributed by atoms with Crippen molar-refractivity contribution < 1.29 is 38.5 Å². The van der Waals surface area contributed by atoms with Crippen LogP contribution in [0.15, 0.2) is 42.5 Å². The largest absolute Gasteiger partial charge is 0.462 e. The quantitative estimate of drug-likeness (QED) is 0.233. The fourth-order valence-electron chi connectivity index (χ4n) is 4.42. The van der Waals surface area contributed by atoms with Crippen molar-refractivity contribution in [3.05, 3.63) is 48.0 Å². The van der Waals surface area contributed by atoms with Gasteiger partial charge in [-0.05, 0) is 31.2 Å². The predicted octanol–water partition coefficient (Wildman–Crippen LogP) is 1.30. The van der Waals surface area contributed by atoms with Crippen molar-refractivity contribution in [1.82, 2.24) is 15.5 Å². The predicted molar refractivity (Wildman–Crippen MR) is 137 cm³/mol. The van der Waals surface area contributed by atoms with Gasteiger partial charge in [-0.3, -0.25) is 9.59 Å². The molecule has 11 heteroatoms. The average molecular weight is 532 g/mol. The van der Waals surface area contributed by atoms with Gasteiger partial charge in [0.2, 0.25) is 11.8 Å². The number of alkyl carbamates (subject to hydrolysis) is 1. The molecule has 11 nitrogen and oxygen atoms in total. The number of carbonyl (C=O) groups excluding carboxylic acids is 4. The topological polar surface area (TPSA) is 144 Å².